The third kappa shape index (κ3) is 3.30. The molecule has 1 fully saturated rings. The number of amides is 1. The zero-order chi connectivity index (χ0) is 12.1. The van der Waals surface area contributed by atoms with Gasteiger partial charge in [-0.2, -0.15) is 0 Å². The van der Waals surface area contributed by atoms with Crippen molar-refractivity contribution < 1.29 is 4.79 Å². The molecule has 1 aliphatic heterocycles. The molecule has 1 saturated heterocycles. The molecule has 1 aromatic rings. The molecule has 1 amide bonds. The van der Waals surface area contributed by atoms with Gasteiger partial charge in [0.2, 0.25) is 0 Å². The molecule has 0 saturated carbocycles. The summed E-state index contributed by atoms with van der Waals surface area (Å²) >= 11 is 0. The van der Waals surface area contributed by atoms with Gasteiger partial charge in [-0.25, -0.2) is 0 Å². The molecule has 1 heterocycles. The lowest BCUT2D eigenvalue weighted by Crippen LogP contribution is -2.40. The molecule has 1 aliphatic rings. The molecule has 92 valence electrons. The predicted molar refractivity (Wildman–Crippen MR) is 69.0 cm³/mol. The van der Waals surface area contributed by atoms with E-state index in [1.54, 1.807) is 0 Å². The molecule has 1 aromatic carbocycles. The molecular formula is C14H20N2O. The summed E-state index contributed by atoms with van der Waals surface area (Å²) in [6.45, 7) is 5.25. The summed E-state index contributed by atoms with van der Waals surface area (Å²) < 4.78 is 0. The third-order valence-electron chi connectivity index (χ3n) is 3.36. The SMILES string of the molecule is CC(CNC(=O)c1ccccc1)N1CCCC1. The summed E-state index contributed by atoms with van der Waals surface area (Å²) in [6.07, 6.45) is 2.58. The minimum atomic E-state index is 0.0247. The van der Waals surface area contributed by atoms with E-state index in [1.165, 1.54) is 25.9 Å². The van der Waals surface area contributed by atoms with E-state index in [2.05, 4.69) is 17.1 Å². The average molecular weight is 232 g/mol. The summed E-state index contributed by atoms with van der Waals surface area (Å²) in [4.78, 5) is 14.3. The summed E-state index contributed by atoms with van der Waals surface area (Å²) in [5, 5.41) is 3.00. The Kier molecular flexibility index (Phi) is 4.15. The van der Waals surface area contributed by atoms with Gasteiger partial charge in [0.25, 0.3) is 5.91 Å². The van der Waals surface area contributed by atoms with Gasteiger partial charge in [0.05, 0.1) is 0 Å². The van der Waals surface area contributed by atoms with Crippen LogP contribution in [0.15, 0.2) is 30.3 Å². The van der Waals surface area contributed by atoms with Gasteiger partial charge in [-0.3, -0.25) is 9.69 Å². The highest BCUT2D eigenvalue weighted by Gasteiger charge is 2.18. The lowest BCUT2D eigenvalue weighted by Gasteiger charge is -2.23. The molecule has 1 N–H and O–H groups in total. The molecule has 0 radical (unpaired) electrons. The second kappa shape index (κ2) is 5.82. The molecule has 0 bridgehead atoms. The fraction of sp³-hybridized carbons (Fsp3) is 0.500. The lowest BCUT2D eigenvalue weighted by molar-refractivity contribution is 0.0940. The van der Waals surface area contributed by atoms with Crippen LogP contribution in [0.25, 0.3) is 0 Å². The second-order valence-electron chi connectivity index (χ2n) is 4.67. The number of carbonyl (C=O) groups is 1. The molecular weight excluding hydrogens is 212 g/mol. The Hall–Kier alpha value is -1.35. The van der Waals surface area contributed by atoms with Crippen molar-refractivity contribution in [2.45, 2.75) is 25.8 Å². The molecule has 0 aliphatic carbocycles. The Morgan fingerprint density at radius 1 is 1.29 bits per heavy atom. The Balaban J connectivity index is 1.80. The predicted octanol–water partition coefficient (Wildman–Crippen LogP) is 1.90. The van der Waals surface area contributed by atoms with Crippen molar-refractivity contribution in [2.24, 2.45) is 0 Å². The highest BCUT2D eigenvalue weighted by atomic mass is 16.1. The normalized spacial score (nSPS) is 17.9. The molecule has 2 rings (SSSR count). The molecule has 17 heavy (non-hydrogen) atoms. The summed E-state index contributed by atoms with van der Waals surface area (Å²) in [7, 11) is 0. The maximum absolute atomic E-state index is 11.8. The minimum absolute atomic E-state index is 0.0247. The van der Waals surface area contributed by atoms with Gasteiger partial charge in [0.15, 0.2) is 0 Å². The van der Waals surface area contributed by atoms with E-state index in [9.17, 15) is 4.79 Å². The lowest BCUT2D eigenvalue weighted by atomic mass is 10.2. The zero-order valence-electron chi connectivity index (χ0n) is 10.4. The number of hydrogen-bond donors (Lipinski definition) is 1. The van der Waals surface area contributed by atoms with Crippen LogP contribution in [0.4, 0.5) is 0 Å². The van der Waals surface area contributed by atoms with Crippen molar-refractivity contribution in [1.82, 2.24) is 10.2 Å². The van der Waals surface area contributed by atoms with Crippen molar-refractivity contribution >= 4 is 5.91 Å². The van der Waals surface area contributed by atoms with Crippen LogP contribution in [0, 0.1) is 0 Å². The topological polar surface area (TPSA) is 32.3 Å². The fourth-order valence-corrected chi connectivity index (χ4v) is 2.24. The van der Waals surface area contributed by atoms with Crippen molar-refractivity contribution in [3.05, 3.63) is 35.9 Å². The first-order valence-corrected chi connectivity index (χ1v) is 6.34. The monoisotopic (exact) mass is 232 g/mol. The van der Waals surface area contributed by atoms with Gasteiger partial charge >= 0.3 is 0 Å². The Morgan fingerprint density at radius 3 is 2.59 bits per heavy atom. The molecule has 3 heteroatoms. The Bertz CT molecular complexity index is 358. The average Bonchev–Trinajstić information content (AvgIpc) is 2.90. The summed E-state index contributed by atoms with van der Waals surface area (Å²) in [5.74, 6) is 0.0247. The first kappa shape index (κ1) is 12.1. The largest absolute Gasteiger partial charge is 0.350 e. The number of hydrogen-bond acceptors (Lipinski definition) is 2. The summed E-state index contributed by atoms with van der Waals surface area (Å²) in [5.41, 5.74) is 0.737. The first-order valence-electron chi connectivity index (χ1n) is 6.34. The Labute approximate surface area is 103 Å². The van der Waals surface area contributed by atoms with E-state index < -0.39 is 0 Å². The second-order valence-corrected chi connectivity index (χ2v) is 4.67. The van der Waals surface area contributed by atoms with Gasteiger partial charge in [-0.1, -0.05) is 18.2 Å². The number of rotatable bonds is 4. The van der Waals surface area contributed by atoms with E-state index >= 15 is 0 Å². The highest BCUT2D eigenvalue weighted by Crippen LogP contribution is 2.10. The smallest absolute Gasteiger partial charge is 0.251 e. The molecule has 0 spiro atoms. The van der Waals surface area contributed by atoms with Gasteiger partial charge in [0, 0.05) is 18.2 Å². The maximum atomic E-state index is 11.8. The minimum Gasteiger partial charge on any atom is -0.350 e. The number of likely N-dealkylation sites (tertiary alicyclic amines) is 1. The standard InChI is InChI=1S/C14H20N2O/c1-12(16-9-5-6-10-16)11-15-14(17)13-7-3-2-4-8-13/h2-4,7-8,12H,5-6,9-11H2,1H3,(H,15,17). The maximum Gasteiger partial charge on any atom is 0.251 e. The number of nitrogens with one attached hydrogen (secondary N) is 1. The Morgan fingerprint density at radius 2 is 1.94 bits per heavy atom. The van der Waals surface area contributed by atoms with Crippen LogP contribution >= 0.6 is 0 Å². The van der Waals surface area contributed by atoms with Crippen molar-refractivity contribution in [1.29, 1.82) is 0 Å². The highest BCUT2D eigenvalue weighted by molar-refractivity contribution is 5.94. The number of benzene rings is 1. The molecule has 3 nitrogen and oxygen atoms in total. The van der Waals surface area contributed by atoms with E-state index in [-0.39, 0.29) is 5.91 Å². The molecule has 1 unspecified atom stereocenters. The van der Waals surface area contributed by atoms with Crippen LogP contribution in [-0.4, -0.2) is 36.5 Å². The quantitative estimate of drug-likeness (QED) is 0.860. The van der Waals surface area contributed by atoms with Crippen LogP contribution < -0.4 is 5.32 Å². The van der Waals surface area contributed by atoms with Crippen LogP contribution in [0.3, 0.4) is 0 Å². The van der Waals surface area contributed by atoms with Crippen molar-refractivity contribution in [2.75, 3.05) is 19.6 Å². The van der Waals surface area contributed by atoms with Crippen molar-refractivity contribution in [3.8, 4) is 0 Å². The zero-order valence-corrected chi connectivity index (χ0v) is 10.4. The number of carbonyl (C=O) groups excluding carboxylic acids is 1. The van der Waals surface area contributed by atoms with Gasteiger partial charge < -0.3 is 5.32 Å². The van der Waals surface area contributed by atoms with Crippen molar-refractivity contribution in [3.63, 3.8) is 0 Å². The van der Waals surface area contributed by atoms with E-state index in [0.717, 1.165) is 12.1 Å². The van der Waals surface area contributed by atoms with E-state index in [1.807, 2.05) is 30.3 Å². The van der Waals surface area contributed by atoms with E-state index in [0.29, 0.717) is 6.04 Å². The fourth-order valence-electron chi connectivity index (χ4n) is 2.24. The molecule has 0 aromatic heterocycles. The molecule has 1 atom stereocenters. The van der Waals surface area contributed by atoms with Crippen LogP contribution in [-0.2, 0) is 0 Å². The van der Waals surface area contributed by atoms with Crippen LogP contribution in [0.1, 0.15) is 30.1 Å². The summed E-state index contributed by atoms with van der Waals surface area (Å²) in [6, 6.07) is 9.82. The van der Waals surface area contributed by atoms with Gasteiger partial charge in [-0.15, -0.1) is 0 Å². The van der Waals surface area contributed by atoms with E-state index in [4.69, 9.17) is 0 Å². The first-order chi connectivity index (χ1) is 8.27. The third-order valence-corrected chi connectivity index (χ3v) is 3.36. The van der Waals surface area contributed by atoms with Gasteiger partial charge in [-0.05, 0) is 45.0 Å². The van der Waals surface area contributed by atoms with Crippen LogP contribution in [0.2, 0.25) is 0 Å². The van der Waals surface area contributed by atoms with Gasteiger partial charge in [0.1, 0.15) is 0 Å². The number of nitrogens with zero attached hydrogens (tertiary/aromatic N) is 1. The van der Waals surface area contributed by atoms with Crippen LogP contribution in [0.5, 0.6) is 0 Å².